The molecule has 2 amide bonds. The molecular formula is C16H23FN4O2. The van der Waals surface area contributed by atoms with Crippen LogP contribution in [0.2, 0.25) is 0 Å². The third-order valence-corrected chi connectivity index (χ3v) is 3.94. The largest absolute Gasteiger partial charge is 0.370 e. The number of nitrogens with one attached hydrogen (secondary N) is 2. The maximum Gasteiger partial charge on any atom is 0.247 e. The number of hydrogen-bond acceptors (Lipinski definition) is 4. The van der Waals surface area contributed by atoms with Gasteiger partial charge < -0.3 is 20.4 Å². The van der Waals surface area contributed by atoms with E-state index in [9.17, 15) is 14.0 Å². The van der Waals surface area contributed by atoms with Gasteiger partial charge >= 0.3 is 0 Å². The number of hydrogen-bond donors (Lipinski definition) is 2. The Morgan fingerprint density at radius 2 is 2.13 bits per heavy atom. The van der Waals surface area contributed by atoms with Crippen LogP contribution >= 0.6 is 0 Å². The van der Waals surface area contributed by atoms with Gasteiger partial charge in [0.1, 0.15) is 11.4 Å². The molecule has 1 fully saturated rings. The number of nitrogens with zero attached hydrogens (tertiary/aromatic N) is 2. The Labute approximate surface area is 135 Å². The van der Waals surface area contributed by atoms with Gasteiger partial charge in [-0.3, -0.25) is 9.59 Å². The number of amides is 2. The van der Waals surface area contributed by atoms with Crippen LogP contribution in [0.4, 0.5) is 10.1 Å². The minimum absolute atomic E-state index is 0.0261. The van der Waals surface area contributed by atoms with E-state index in [1.165, 1.54) is 12.1 Å². The average Bonchev–Trinajstić information content (AvgIpc) is 2.91. The van der Waals surface area contributed by atoms with Gasteiger partial charge in [0, 0.05) is 19.3 Å². The van der Waals surface area contributed by atoms with Gasteiger partial charge in [0.05, 0.1) is 13.1 Å². The van der Waals surface area contributed by atoms with E-state index >= 15 is 0 Å². The molecule has 2 rings (SSSR count). The van der Waals surface area contributed by atoms with Crippen molar-refractivity contribution in [3.63, 3.8) is 0 Å². The normalized spacial score (nSPS) is 20.7. The van der Waals surface area contributed by atoms with Crippen LogP contribution in [0.5, 0.6) is 0 Å². The summed E-state index contributed by atoms with van der Waals surface area (Å²) in [4.78, 5) is 28.1. The summed E-state index contributed by atoms with van der Waals surface area (Å²) >= 11 is 0. The molecule has 0 aliphatic carbocycles. The number of likely N-dealkylation sites (tertiary alicyclic amines) is 1. The zero-order valence-corrected chi connectivity index (χ0v) is 13.7. The molecule has 23 heavy (non-hydrogen) atoms. The summed E-state index contributed by atoms with van der Waals surface area (Å²) in [6, 6.07) is 5.98. The molecule has 0 radical (unpaired) electrons. The lowest BCUT2D eigenvalue weighted by atomic mass is 9.96. The van der Waals surface area contributed by atoms with Gasteiger partial charge in [-0.1, -0.05) is 6.07 Å². The fourth-order valence-corrected chi connectivity index (χ4v) is 2.82. The Morgan fingerprint density at radius 1 is 1.39 bits per heavy atom. The maximum absolute atomic E-state index is 13.4. The smallest absolute Gasteiger partial charge is 0.247 e. The van der Waals surface area contributed by atoms with Gasteiger partial charge in [-0.25, -0.2) is 4.39 Å². The maximum atomic E-state index is 13.4. The van der Waals surface area contributed by atoms with Crippen LogP contribution in [0.25, 0.3) is 0 Å². The monoisotopic (exact) mass is 322 g/mol. The first kappa shape index (κ1) is 17.2. The van der Waals surface area contributed by atoms with E-state index < -0.39 is 5.54 Å². The Hall–Kier alpha value is -2.15. The Balaban J connectivity index is 2.18. The van der Waals surface area contributed by atoms with Crippen molar-refractivity contribution in [2.24, 2.45) is 0 Å². The molecule has 1 atom stereocenters. The number of benzene rings is 1. The molecule has 1 saturated heterocycles. The minimum atomic E-state index is -0.940. The van der Waals surface area contributed by atoms with E-state index in [1.807, 2.05) is 14.1 Å². The van der Waals surface area contributed by atoms with E-state index in [0.717, 1.165) is 0 Å². The van der Waals surface area contributed by atoms with Crippen molar-refractivity contribution in [1.82, 2.24) is 15.1 Å². The van der Waals surface area contributed by atoms with Gasteiger partial charge in [0.2, 0.25) is 11.8 Å². The number of carbonyl (C=O) groups is 2. The fraction of sp³-hybridized carbons (Fsp3) is 0.500. The molecule has 1 aromatic rings. The number of likely N-dealkylation sites (N-methyl/N-ethyl adjacent to an activating group) is 2. The first-order valence-electron chi connectivity index (χ1n) is 7.55. The second-order valence-corrected chi connectivity index (χ2v) is 6.10. The molecular weight excluding hydrogens is 299 g/mol. The van der Waals surface area contributed by atoms with E-state index in [2.05, 4.69) is 10.6 Å². The van der Waals surface area contributed by atoms with Crippen molar-refractivity contribution in [3.05, 3.63) is 30.1 Å². The summed E-state index contributed by atoms with van der Waals surface area (Å²) in [5.41, 5.74) is -0.416. The van der Waals surface area contributed by atoms with Crippen LogP contribution in [0.1, 0.15) is 6.42 Å². The van der Waals surface area contributed by atoms with Gasteiger partial charge in [0.15, 0.2) is 0 Å². The van der Waals surface area contributed by atoms with Crippen molar-refractivity contribution in [3.8, 4) is 0 Å². The summed E-state index contributed by atoms with van der Waals surface area (Å²) < 4.78 is 13.4. The lowest BCUT2D eigenvalue weighted by Gasteiger charge is -2.30. The van der Waals surface area contributed by atoms with E-state index in [4.69, 9.17) is 0 Å². The summed E-state index contributed by atoms with van der Waals surface area (Å²) in [6.07, 6.45) is 0.475. The molecule has 0 bridgehead atoms. The zero-order valence-electron chi connectivity index (χ0n) is 13.7. The minimum Gasteiger partial charge on any atom is -0.370 e. The molecule has 2 N–H and O–H groups in total. The van der Waals surface area contributed by atoms with Crippen LogP contribution in [0.15, 0.2) is 24.3 Å². The van der Waals surface area contributed by atoms with Crippen LogP contribution < -0.4 is 10.6 Å². The van der Waals surface area contributed by atoms with Crippen LogP contribution in [0, 0.1) is 5.82 Å². The Kier molecular flexibility index (Phi) is 5.20. The highest BCUT2D eigenvalue weighted by molar-refractivity contribution is 5.91. The van der Waals surface area contributed by atoms with Crippen molar-refractivity contribution in [1.29, 1.82) is 0 Å². The highest BCUT2D eigenvalue weighted by Gasteiger charge is 2.45. The lowest BCUT2D eigenvalue weighted by Crippen LogP contribution is -2.54. The second-order valence-electron chi connectivity index (χ2n) is 6.10. The molecule has 1 unspecified atom stereocenters. The Morgan fingerprint density at radius 3 is 2.74 bits per heavy atom. The summed E-state index contributed by atoms with van der Waals surface area (Å²) in [5.74, 6) is -0.607. The SMILES string of the molecule is CNC(=O)C1(Nc2cccc(F)c2)CCN(C(=O)CN(C)C)C1. The highest BCUT2D eigenvalue weighted by Crippen LogP contribution is 2.27. The fourth-order valence-electron chi connectivity index (χ4n) is 2.82. The molecule has 1 aliphatic rings. The quantitative estimate of drug-likeness (QED) is 0.829. The molecule has 0 aromatic heterocycles. The topological polar surface area (TPSA) is 64.7 Å². The molecule has 1 aliphatic heterocycles. The van der Waals surface area contributed by atoms with Gasteiger partial charge in [-0.05, 0) is 38.7 Å². The molecule has 1 aromatic carbocycles. The van der Waals surface area contributed by atoms with Gasteiger partial charge in [0.25, 0.3) is 0 Å². The Bertz CT molecular complexity index is 593. The molecule has 1 heterocycles. The van der Waals surface area contributed by atoms with Crippen LogP contribution in [-0.2, 0) is 9.59 Å². The zero-order chi connectivity index (χ0) is 17.0. The first-order valence-corrected chi connectivity index (χ1v) is 7.55. The van der Waals surface area contributed by atoms with E-state index in [1.54, 1.807) is 29.0 Å². The van der Waals surface area contributed by atoms with Gasteiger partial charge in [-0.2, -0.15) is 0 Å². The summed E-state index contributed by atoms with van der Waals surface area (Å²) in [7, 11) is 5.21. The number of carbonyl (C=O) groups excluding carboxylic acids is 2. The summed E-state index contributed by atoms with van der Waals surface area (Å²) in [5, 5.41) is 5.76. The van der Waals surface area contributed by atoms with Gasteiger partial charge in [-0.15, -0.1) is 0 Å². The van der Waals surface area contributed by atoms with Crippen molar-refractivity contribution in [2.45, 2.75) is 12.0 Å². The van der Waals surface area contributed by atoms with E-state index in [-0.39, 0.29) is 24.2 Å². The number of anilines is 1. The highest BCUT2D eigenvalue weighted by atomic mass is 19.1. The third kappa shape index (κ3) is 3.98. The van der Waals surface area contributed by atoms with Crippen molar-refractivity contribution in [2.75, 3.05) is 46.1 Å². The predicted octanol–water partition coefficient (Wildman–Crippen LogP) is 0.516. The molecule has 0 saturated carbocycles. The van der Waals surface area contributed by atoms with Crippen molar-refractivity contribution >= 4 is 17.5 Å². The van der Waals surface area contributed by atoms with Crippen molar-refractivity contribution < 1.29 is 14.0 Å². The first-order chi connectivity index (χ1) is 10.9. The number of rotatable bonds is 5. The number of halogens is 1. The molecule has 0 spiro atoms. The predicted molar refractivity (Wildman–Crippen MR) is 86.6 cm³/mol. The van der Waals surface area contributed by atoms with Crippen LogP contribution in [0.3, 0.4) is 0 Å². The lowest BCUT2D eigenvalue weighted by molar-refractivity contribution is -0.131. The molecule has 126 valence electrons. The molecule has 7 heteroatoms. The third-order valence-electron chi connectivity index (χ3n) is 3.94. The average molecular weight is 322 g/mol. The summed E-state index contributed by atoms with van der Waals surface area (Å²) in [6.45, 7) is 1.04. The second kappa shape index (κ2) is 6.95. The van der Waals surface area contributed by atoms with E-state index in [0.29, 0.717) is 25.2 Å². The molecule has 6 nitrogen and oxygen atoms in total. The standard InChI is InChI=1S/C16H23FN4O2/c1-18-15(23)16(19-13-6-4-5-12(17)9-13)7-8-21(11-16)14(22)10-20(2)3/h4-6,9,19H,7-8,10-11H2,1-3H3,(H,18,23). The van der Waals surface area contributed by atoms with Crippen LogP contribution in [-0.4, -0.2) is 67.9 Å².